The Labute approximate surface area is 129 Å². The van der Waals surface area contributed by atoms with E-state index < -0.39 is 16.0 Å². The van der Waals surface area contributed by atoms with Crippen LogP contribution >= 0.6 is 11.6 Å². The average Bonchev–Trinajstić information content (AvgIpc) is 2.35. The van der Waals surface area contributed by atoms with E-state index in [0.29, 0.717) is 18.0 Å². The van der Waals surface area contributed by atoms with E-state index in [0.717, 1.165) is 12.5 Å². The molecule has 0 spiro atoms. The molecule has 0 aliphatic heterocycles. The zero-order chi connectivity index (χ0) is 16.0. The van der Waals surface area contributed by atoms with Crippen molar-refractivity contribution in [1.29, 1.82) is 0 Å². The Kier molecular flexibility index (Phi) is 6.39. The SMILES string of the molecule is CC(C)CCNS(=O)(=O)c1ccc(C=CC(=O)O)cc1Cl. The van der Waals surface area contributed by atoms with E-state index in [1.165, 1.54) is 24.3 Å². The molecule has 0 saturated heterocycles. The zero-order valence-corrected chi connectivity index (χ0v) is 13.4. The highest BCUT2D eigenvalue weighted by Gasteiger charge is 2.17. The lowest BCUT2D eigenvalue weighted by molar-refractivity contribution is -0.131. The van der Waals surface area contributed by atoms with Crippen molar-refractivity contribution in [2.75, 3.05) is 6.54 Å². The number of hydrogen-bond donors (Lipinski definition) is 2. The Morgan fingerprint density at radius 3 is 2.62 bits per heavy atom. The van der Waals surface area contributed by atoms with Gasteiger partial charge in [-0.3, -0.25) is 0 Å². The van der Waals surface area contributed by atoms with E-state index in [-0.39, 0.29) is 9.92 Å². The monoisotopic (exact) mass is 331 g/mol. The van der Waals surface area contributed by atoms with Crippen molar-refractivity contribution >= 4 is 33.7 Å². The van der Waals surface area contributed by atoms with Crippen molar-refractivity contribution in [2.45, 2.75) is 25.2 Å². The molecule has 0 aromatic heterocycles. The lowest BCUT2D eigenvalue weighted by Gasteiger charge is -2.10. The van der Waals surface area contributed by atoms with Crippen LogP contribution in [-0.2, 0) is 14.8 Å². The predicted molar refractivity (Wildman–Crippen MR) is 82.8 cm³/mol. The standard InChI is InChI=1S/C14H18ClNO4S/c1-10(2)7-8-16-21(19,20)13-5-3-11(9-12(13)15)4-6-14(17)18/h3-6,9-10,16H,7-8H2,1-2H3,(H,17,18). The summed E-state index contributed by atoms with van der Waals surface area (Å²) >= 11 is 5.97. The van der Waals surface area contributed by atoms with Gasteiger partial charge in [0, 0.05) is 12.6 Å². The summed E-state index contributed by atoms with van der Waals surface area (Å²) in [7, 11) is -3.66. The van der Waals surface area contributed by atoms with E-state index >= 15 is 0 Å². The number of nitrogens with one attached hydrogen (secondary N) is 1. The number of rotatable bonds is 7. The smallest absolute Gasteiger partial charge is 0.328 e. The van der Waals surface area contributed by atoms with Gasteiger partial charge in [-0.1, -0.05) is 31.5 Å². The van der Waals surface area contributed by atoms with Crippen molar-refractivity contribution in [2.24, 2.45) is 5.92 Å². The first-order chi connectivity index (χ1) is 9.72. The maximum absolute atomic E-state index is 12.1. The van der Waals surface area contributed by atoms with Crippen LogP contribution in [0.1, 0.15) is 25.8 Å². The normalized spacial score (nSPS) is 12.2. The minimum absolute atomic E-state index is 0.0135. The molecule has 1 rings (SSSR count). The van der Waals surface area contributed by atoms with Gasteiger partial charge in [-0.25, -0.2) is 17.9 Å². The number of carboxylic acid groups (broad SMARTS) is 1. The number of halogens is 1. The van der Waals surface area contributed by atoms with Gasteiger partial charge in [0.25, 0.3) is 0 Å². The topological polar surface area (TPSA) is 83.5 Å². The fourth-order valence-corrected chi connectivity index (χ4v) is 3.16. The quantitative estimate of drug-likeness (QED) is 0.752. The van der Waals surface area contributed by atoms with Crippen LogP contribution in [0, 0.1) is 5.92 Å². The summed E-state index contributed by atoms with van der Waals surface area (Å²) in [6.07, 6.45) is 3.04. The van der Waals surface area contributed by atoms with Gasteiger partial charge >= 0.3 is 5.97 Å². The van der Waals surface area contributed by atoms with Gasteiger partial charge < -0.3 is 5.11 Å². The molecule has 0 saturated carbocycles. The highest BCUT2D eigenvalue weighted by Crippen LogP contribution is 2.23. The molecule has 7 heteroatoms. The molecule has 0 radical (unpaired) electrons. The molecule has 0 unspecified atom stereocenters. The maximum atomic E-state index is 12.1. The van der Waals surface area contributed by atoms with E-state index in [2.05, 4.69) is 4.72 Å². The molecule has 0 bridgehead atoms. The third-order valence-corrected chi connectivity index (χ3v) is 4.62. The summed E-state index contributed by atoms with van der Waals surface area (Å²) < 4.78 is 26.7. The van der Waals surface area contributed by atoms with Crippen molar-refractivity contribution < 1.29 is 18.3 Å². The molecular formula is C14H18ClNO4S. The van der Waals surface area contributed by atoms with Crippen LogP contribution < -0.4 is 4.72 Å². The van der Waals surface area contributed by atoms with Gasteiger partial charge in [-0.2, -0.15) is 0 Å². The minimum atomic E-state index is -3.66. The van der Waals surface area contributed by atoms with Crippen LogP contribution in [0.2, 0.25) is 5.02 Å². The Balaban J connectivity index is 2.91. The molecule has 0 heterocycles. The molecule has 1 aromatic rings. The Morgan fingerprint density at radius 2 is 2.10 bits per heavy atom. The van der Waals surface area contributed by atoms with Crippen LogP contribution in [0.3, 0.4) is 0 Å². The number of benzene rings is 1. The molecule has 0 aliphatic carbocycles. The minimum Gasteiger partial charge on any atom is -0.478 e. The second-order valence-electron chi connectivity index (χ2n) is 4.94. The van der Waals surface area contributed by atoms with Crippen LogP contribution in [0.4, 0.5) is 0 Å². The Bertz CT molecular complexity index is 638. The lowest BCUT2D eigenvalue weighted by atomic mass is 10.1. The lowest BCUT2D eigenvalue weighted by Crippen LogP contribution is -2.25. The van der Waals surface area contributed by atoms with Gasteiger partial charge in [-0.05, 0) is 36.1 Å². The predicted octanol–water partition coefficient (Wildman–Crippen LogP) is 2.76. The van der Waals surface area contributed by atoms with Crippen LogP contribution in [0.5, 0.6) is 0 Å². The van der Waals surface area contributed by atoms with Crippen LogP contribution in [-0.4, -0.2) is 26.0 Å². The summed E-state index contributed by atoms with van der Waals surface area (Å²) in [6, 6.07) is 4.28. The number of sulfonamides is 1. The average molecular weight is 332 g/mol. The number of aliphatic carboxylic acids is 1. The van der Waals surface area contributed by atoms with Crippen LogP contribution in [0.15, 0.2) is 29.2 Å². The van der Waals surface area contributed by atoms with Gasteiger partial charge in [-0.15, -0.1) is 0 Å². The summed E-state index contributed by atoms with van der Waals surface area (Å²) in [5.74, 6) is -0.690. The highest BCUT2D eigenvalue weighted by atomic mass is 35.5. The Hall–Kier alpha value is -1.37. The fourth-order valence-electron chi connectivity index (χ4n) is 1.57. The summed E-state index contributed by atoms with van der Waals surface area (Å²) in [5.41, 5.74) is 0.517. The van der Waals surface area contributed by atoms with Gasteiger partial charge in [0.05, 0.1) is 5.02 Å². The van der Waals surface area contributed by atoms with Crippen molar-refractivity contribution in [1.82, 2.24) is 4.72 Å². The van der Waals surface area contributed by atoms with Crippen molar-refractivity contribution in [3.8, 4) is 0 Å². The first-order valence-electron chi connectivity index (χ1n) is 6.42. The van der Waals surface area contributed by atoms with Gasteiger partial charge in [0.15, 0.2) is 0 Å². The molecule has 5 nitrogen and oxygen atoms in total. The molecule has 1 aromatic carbocycles. The van der Waals surface area contributed by atoms with Gasteiger partial charge in [0.1, 0.15) is 4.90 Å². The molecular weight excluding hydrogens is 314 g/mol. The number of hydrogen-bond acceptors (Lipinski definition) is 3. The second kappa shape index (κ2) is 7.59. The van der Waals surface area contributed by atoms with Crippen molar-refractivity contribution in [3.05, 3.63) is 34.9 Å². The van der Waals surface area contributed by atoms with Gasteiger partial charge in [0.2, 0.25) is 10.0 Å². The third-order valence-electron chi connectivity index (χ3n) is 2.68. The van der Waals surface area contributed by atoms with E-state index in [9.17, 15) is 13.2 Å². The number of carbonyl (C=O) groups is 1. The molecule has 0 aliphatic rings. The molecule has 0 fully saturated rings. The molecule has 2 N–H and O–H groups in total. The van der Waals surface area contributed by atoms with E-state index in [1.54, 1.807) is 0 Å². The first kappa shape index (κ1) is 17.7. The molecule has 0 atom stereocenters. The van der Waals surface area contributed by atoms with E-state index in [4.69, 9.17) is 16.7 Å². The third kappa shape index (κ3) is 5.87. The Morgan fingerprint density at radius 1 is 1.43 bits per heavy atom. The molecule has 21 heavy (non-hydrogen) atoms. The largest absolute Gasteiger partial charge is 0.478 e. The molecule has 116 valence electrons. The zero-order valence-electron chi connectivity index (χ0n) is 11.8. The second-order valence-corrected chi connectivity index (χ2v) is 7.08. The molecule has 0 amide bonds. The number of carboxylic acids is 1. The van der Waals surface area contributed by atoms with E-state index in [1.807, 2.05) is 13.8 Å². The summed E-state index contributed by atoms with van der Waals surface area (Å²) in [6.45, 7) is 4.35. The highest BCUT2D eigenvalue weighted by molar-refractivity contribution is 7.89. The first-order valence-corrected chi connectivity index (χ1v) is 8.28. The maximum Gasteiger partial charge on any atom is 0.328 e. The van der Waals surface area contributed by atoms with Crippen LogP contribution in [0.25, 0.3) is 6.08 Å². The summed E-state index contributed by atoms with van der Waals surface area (Å²) in [4.78, 5) is 10.4. The summed E-state index contributed by atoms with van der Waals surface area (Å²) in [5, 5.41) is 8.60. The fraction of sp³-hybridized carbons (Fsp3) is 0.357. The van der Waals surface area contributed by atoms with Crippen molar-refractivity contribution in [3.63, 3.8) is 0 Å².